The summed E-state index contributed by atoms with van der Waals surface area (Å²) in [4.78, 5) is 16.4. The van der Waals surface area contributed by atoms with E-state index < -0.39 is 0 Å². The highest BCUT2D eigenvalue weighted by atomic mass is 35.5. The molecular weight excluding hydrogens is 274 g/mol. The quantitative estimate of drug-likeness (QED) is 0.841. The molecule has 1 aromatic heterocycles. The van der Waals surface area contributed by atoms with Crippen LogP contribution in [0.3, 0.4) is 0 Å². The molecule has 1 amide bonds. The molecule has 5 heteroatoms. The Bertz CT molecular complexity index is 492. The van der Waals surface area contributed by atoms with Gasteiger partial charge in [-0.15, -0.1) is 0 Å². The second-order valence-corrected chi connectivity index (χ2v) is 6.05. The van der Waals surface area contributed by atoms with Crippen LogP contribution in [0.15, 0.2) is 12.1 Å². The van der Waals surface area contributed by atoms with Gasteiger partial charge in [-0.3, -0.25) is 4.79 Å². The van der Waals surface area contributed by atoms with Crippen LogP contribution in [0.4, 0.5) is 5.82 Å². The van der Waals surface area contributed by atoms with Gasteiger partial charge in [0, 0.05) is 18.7 Å². The maximum atomic E-state index is 12.4. The largest absolute Gasteiger partial charge is 0.373 e. The van der Waals surface area contributed by atoms with Gasteiger partial charge < -0.3 is 10.6 Å². The summed E-state index contributed by atoms with van der Waals surface area (Å²) in [7, 11) is 1.76. The summed E-state index contributed by atoms with van der Waals surface area (Å²) in [5, 5.41) is 6.37. The lowest BCUT2D eigenvalue weighted by atomic mass is 9.78. The van der Waals surface area contributed by atoms with Crippen LogP contribution in [0.2, 0.25) is 5.15 Å². The van der Waals surface area contributed by atoms with E-state index in [1.54, 1.807) is 19.2 Å². The minimum absolute atomic E-state index is 0.0725. The molecule has 0 radical (unpaired) electrons. The first kappa shape index (κ1) is 15.1. The number of nitrogens with one attached hydrogen (secondary N) is 2. The number of amides is 1. The highest BCUT2D eigenvalue weighted by molar-refractivity contribution is 6.29. The van der Waals surface area contributed by atoms with E-state index in [1.807, 2.05) is 0 Å². The number of halogens is 1. The monoisotopic (exact) mass is 295 g/mol. The summed E-state index contributed by atoms with van der Waals surface area (Å²) in [5.41, 5.74) is 0.555. The Morgan fingerprint density at radius 1 is 1.35 bits per heavy atom. The van der Waals surface area contributed by atoms with Gasteiger partial charge in [0.05, 0.1) is 0 Å². The molecule has 1 aromatic rings. The van der Waals surface area contributed by atoms with Crippen molar-refractivity contribution in [2.45, 2.75) is 39.2 Å². The van der Waals surface area contributed by atoms with Crippen molar-refractivity contribution in [3.63, 3.8) is 0 Å². The van der Waals surface area contributed by atoms with Gasteiger partial charge in [0.25, 0.3) is 5.91 Å². The average Bonchev–Trinajstić information content (AvgIpc) is 2.43. The molecule has 1 saturated carbocycles. The number of pyridine rings is 1. The van der Waals surface area contributed by atoms with Gasteiger partial charge in [-0.1, -0.05) is 38.3 Å². The lowest BCUT2D eigenvalue weighted by Gasteiger charge is -2.34. The van der Waals surface area contributed by atoms with Gasteiger partial charge in [0.1, 0.15) is 11.0 Å². The molecule has 0 saturated heterocycles. The maximum Gasteiger partial charge on any atom is 0.251 e. The number of rotatable bonds is 3. The van der Waals surface area contributed by atoms with Crippen LogP contribution in [0.1, 0.15) is 43.5 Å². The fourth-order valence-corrected chi connectivity index (χ4v) is 3.00. The Hall–Kier alpha value is -1.29. The highest BCUT2D eigenvalue weighted by Crippen LogP contribution is 2.29. The first-order valence-corrected chi connectivity index (χ1v) is 7.55. The number of hydrogen-bond acceptors (Lipinski definition) is 3. The third kappa shape index (κ3) is 3.42. The molecule has 1 aliphatic rings. The molecule has 0 aliphatic heterocycles. The second kappa shape index (κ2) is 6.44. The molecule has 110 valence electrons. The molecule has 1 fully saturated rings. The van der Waals surface area contributed by atoms with Crippen molar-refractivity contribution >= 4 is 23.3 Å². The van der Waals surface area contributed by atoms with Gasteiger partial charge in [-0.25, -0.2) is 4.98 Å². The van der Waals surface area contributed by atoms with Crippen LogP contribution in [0, 0.1) is 11.8 Å². The molecule has 0 aromatic carbocycles. The molecule has 20 heavy (non-hydrogen) atoms. The summed E-state index contributed by atoms with van der Waals surface area (Å²) in [6, 6.07) is 3.57. The number of carbonyl (C=O) groups is 1. The predicted octanol–water partition coefficient (Wildman–Crippen LogP) is 3.33. The Morgan fingerprint density at radius 3 is 2.80 bits per heavy atom. The lowest BCUT2D eigenvalue weighted by Crippen LogP contribution is -2.43. The summed E-state index contributed by atoms with van der Waals surface area (Å²) in [5.74, 6) is 1.70. The number of nitrogens with zero attached hydrogens (tertiary/aromatic N) is 1. The molecule has 3 atom stereocenters. The topological polar surface area (TPSA) is 54.0 Å². The number of carbonyl (C=O) groups excluding carboxylic acids is 1. The fourth-order valence-electron chi connectivity index (χ4n) is 2.79. The lowest BCUT2D eigenvalue weighted by molar-refractivity contribution is 0.0891. The molecule has 0 bridgehead atoms. The number of anilines is 1. The van der Waals surface area contributed by atoms with Crippen LogP contribution < -0.4 is 10.6 Å². The molecule has 1 aliphatic carbocycles. The van der Waals surface area contributed by atoms with E-state index in [4.69, 9.17) is 11.6 Å². The molecule has 1 heterocycles. The van der Waals surface area contributed by atoms with E-state index in [-0.39, 0.29) is 11.9 Å². The zero-order valence-electron chi connectivity index (χ0n) is 12.2. The Balaban J connectivity index is 2.09. The van der Waals surface area contributed by atoms with Gasteiger partial charge in [-0.05, 0) is 30.4 Å². The van der Waals surface area contributed by atoms with Crippen LogP contribution in [0.5, 0.6) is 0 Å². The summed E-state index contributed by atoms with van der Waals surface area (Å²) < 4.78 is 0. The normalized spacial score (nSPS) is 26.1. The van der Waals surface area contributed by atoms with Gasteiger partial charge in [0.2, 0.25) is 0 Å². The summed E-state index contributed by atoms with van der Waals surface area (Å²) in [6.45, 7) is 4.47. The molecule has 2 rings (SSSR count). The van der Waals surface area contributed by atoms with Crippen LogP contribution in [0.25, 0.3) is 0 Å². The van der Waals surface area contributed by atoms with Crippen LogP contribution >= 0.6 is 11.6 Å². The SMILES string of the molecule is CNc1cc(C(=O)NC2CCCC(C)C2C)cc(Cl)n1. The zero-order valence-corrected chi connectivity index (χ0v) is 13.0. The van der Waals surface area contributed by atoms with E-state index in [0.717, 1.165) is 6.42 Å². The van der Waals surface area contributed by atoms with Gasteiger partial charge in [-0.2, -0.15) is 0 Å². The first-order chi connectivity index (χ1) is 9.51. The maximum absolute atomic E-state index is 12.4. The Morgan fingerprint density at radius 2 is 2.10 bits per heavy atom. The molecule has 3 unspecified atom stereocenters. The van der Waals surface area contributed by atoms with Crippen molar-refractivity contribution in [2.24, 2.45) is 11.8 Å². The zero-order chi connectivity index (χ0) is 14.7. The Kier molecular flexibility index (Phi) is 4.86. The van der Waals surface area contributed by atoms with E-state index >= 15 is 0 Å². The van der Waals surface area contributed by atoms with E-state index in [9.17, 15) is 4.79 Å². The van der Waals surface area contributed by atoms with Crippen LogP contribution in [-0.4, -0.2) is 24.0 Å². The molecular formula is C15H22ClN3O. The molecule has 2 N–H and O–H groups in total. The highest BCUT2D eigenvalue weighted by Gasteiger charge is 2.28. The molecule has 0 spiro atoms. The van der Waals surface area contributed by atoms with Crippen molar-refractivity contribution in [1.82, 2.24) is 10.3 Å². The van der Waals surface area contributed by atoms with Crippen molar-refractivity contribution in [2.75, 3.05) is 12.4 Å². The fraction of sp³-hybridized carbons (Fsp3) is 0.600. The minimum atomic E-state index is -0.0725. The Labute approximate surface area is 125 Å². The van der Waals surface area contributed by atoms with Gasteiger partial charge >= 0.3 is 0 Å². The smallest absolute Gasteiger partial charge is 0.251 e. The van der Waals surface area contributed by atoms with Crippen molar-refractivity contribution in [3.05, 3.63) is 22.8 Å². The van der Waals surface area contributed by atoms with Gasteiger partial charge in [0.15, 0.2) is 0 Å². The van der Waals surface area contributed by atoms with E-state index in [0.29, 0.717) is 28.4 Å². The summed E-state index contributed by atoms with van der Waals surface area (Å²) in [6.07, 6.45) is 3.47. The van der Waals surface area contributed by atoms with Crippen molar-refractivity contribution < 1.29 is 4.79 Å². The minimum Gasteiger partial charge on any atom is -0.373 e. The van der Waals surface area contributed by atoms with Crippen LogP contribution in [-0.2, 0) is 0 Å². The third-order valence-corrected chi connectivity index (χ3v) is 4.53. The van der Waals surface area contributed by atoms with E-state index in [2.05, 4.69) is 29.5 Å². The number of hydrogen-bond donors (Lipinski definition) is 2. The predicted molar refractivity (Wildman–Crippen MR) is 82.2 cm³/mol. The average molecular weight is 296 g/mol. The van der Waals surface area contributed by atoms with Crippen molar-refractivity contribution in [3.8, 4) is 0 Å². The molecule has 4 nitrogen and oxygen atoms in total. The van der Waals surface area contributed by atoms with Crippen molar-refractivity contribution in [1.29, 1.82) is 0 Å². The summed E-state index contributed by atoms with van der Waals surface area (Å²) >= 11 is 5.94. The standard InChI is InChI=1S/C15H22ClN3O/c1-9-5-4-6-12(10(9)2)18-15(20)11-7-13(16)19-14(8-11)17-3/h7-10,12H,4-6H2,1-3H3,(H,17,19)(H,18,20). The number of aromatic nitrogens is 1. The van der Waals surface area contributed by atoms with E-state index in [1.165, 1.54) is 12.8 Å². The second-order valence-electron chi connectivity index (χ2n) is 5.66. The third-order valence-electron chi connectivity index (χ3n) is 4.34. The first-order valence-electron chi connectivity index (χ1n) is 7.17.